The standard InChI is InChI=1S/C16H15N3O2/c1-2-13-10-15(17-16(20)12-8-9-21-11-12)18-19(13)14-6-4-3-5-7-14/h3-11H,2H2,1H3,(H,17,18,20). The third-order valence-corrected chi connectivity index (χ3v) is 3.17. The average molecular weight is 281 g/mol. The first kappa shape index (κ1) is 13.2. The van der Waals surface area contributed by atoms with E-state index in [2.05, 4.69) is 17.3 Å². The van der Waals surface area contributed by atoms with Crippen molar-refractivity contribution in [3.05, 3.63) is 66.2 Å². The molecule has 2 heterocycles. The van der Waals surface area contributed by atoms with Crippen LogP contribution in [0.1, 0.15) is 23.0 Å². The summed E-state index contributed by atoms with van der Waals surface area (Å²) in [6.45, 7) is 2.05. The fourth-order valence-electron chi connectivity index (χ4n) is 2.11. The number of nitrogens with zero attached hydrogens (tertiary/aromatic N) is 2. The summed E-state index contributed by atoms with van der Waals surface area (Å²) in [5.41, 5.74) is 2.48. The van der Waals surface area contributed by atoms with Gasteiger partial charge in [0.05, 0.1) is 17.5 Å². The molecule has 3 rings (SSSR count). The summed E-state index contributed by atoms with van der Waals surface area (Å²) in [4.78, 5) is 12.0. The van der Waals surface area contributed by atoms with Crippen LogP contribution < -0.4 is 5.32 Å². The maximum Gasteiger partial charge on any atom is 0.260 e. The molecule has 0 bridgehead atoms. The normalized spacial score (nSPS) is 10.5. The van der Waals surface area contributed by atoms with Crippen molar-refractivity contribution in [2.24, 2.45) is 0 Å². The Morgan fingerprint density at radius 1 is 1.29 bits per heavy atom. The molecule has 1 aromatic carbocycles. The molecule has 0 aliphatic carbocycles. The number of benzene rings is 1. The first-order valence-corrected chi connectivity index (χ1v) is 6.76. The molecule has 0 radical (unpaired) electrons. The van der Waals surface area contributed by atoms with E-state index >= 15 is 0 Å². The number of anilines is 1. The fourth-order valence-corrected chi connectivity index (χ4v) is 2.11. The Balaban J connectivity index is 1.88. The second-order valence-corrected chi connectivity index (χ2v) is 4.59. The van der Waals surface area contributed by atoms with E-state index in [0.29, 0.717) is 11.4 Å². The zero-order chi connectivity index (χ0) is 14.7. The van der Waals surface area contributed by atoms with Gasteiger partial charge in [0.25, 0.3) is 5.91 Å². The van der Waals surface area contributed by atoms with Crippen molar-refractivity contribution in [1.82, 2.24) is 9.78 Å². The van der Waals surface area contributed by atoms with Crippen molar-refractivity contribution in [2.75, 3.05) is 5.32 Å². The van der Waals surface area contributed by atoms with Gasteiger partial charge in [-0.15, -0.1) is 5.10 Å². The molecule has 2 aromatic heterocycles. The Hall–Kier alpha value is -2.82. The van der Waals surface area contributed by atoms with E-state index in [1.165, 1.54) is 12.5 Å². The monoisotopic (exact) mass is 281 g/mol. The van der Waals surface area contributed by atoms with Gasteiger partial charge in [0, 0.05) is 11.8 Å². The molecule has 0 unspecified atom stereocenters. The van der Waals surface area contributed by atoms with Crippen LogP contribution in [-0.2, 0) is 6.42 Å². The molecule has 5 nitrogen and oxygen atoms in total. The number of aromatic nitrogens is 2. The summed E-state index contributed by atoms with van der Waals surface area (Å²) in [5.74, 6) is 0.297. The van der Waals surface area contributed by atoms with Crippen LogP contribution in [0, 0.1) is 0 Å². The van der Waals surface area contributed by atoms with Crippen molar-refractivity contribution in [3.8, 4) is 5.69 Å². The highest BCUT2D eigenvalue weighted by molar-refractivity contribution is 6.03. The van der Waals surface area contributed by atoms with Gasteiger partial charge in [0.1, 0.15) is 6.26 Å². The minimum absolute atomic E-state index is 0.232. The molecule has 106 valence electrons. The number of nitrogens with one attached hydrogen (secondary N) is 1. The number of amides is 1. The second kappa shape index (κ2) is 5.66. The summed E-state index contributed by atoms with van der Waals surface area (Å²) in [6, 6.07) is 13.3. The number of hydrogen-bond acceptors (Lipinski definition) is 3. The van der Waals surface area contributed by atoms with Crippen LogP contribution in [0.15, 0.2) is 59.4 Å². The summed E-state index contributed by atoms with van der Waals surface area (Å²) in [6.07, 6.45) is 3.70. The lowest BCUT2D eigenvalue weighted by Crippen LogP contribution is -2.11. The molecule has 0 saturated carbocycles. The lowest BCUT2D eigenvalue weighted by molar-refractivity contribution is 0.102. The summed E-state index contributed by atoms with van der Waals surface area (Å²) >= 11 is 0. The first-order valence-electron chi connectivity index (χ1n) is 6.76. The van der Waals surface area contributed by atoms with Crippen molar-refractivity contribution in [3.63, 3.8) is 0 Å². The van der Waals surface area contributed by atoms with E-state index in [4.69, 9.17) is 4.42 Å². The molecule has 5 heteroatoms. The van der Waals surface area contributed by atoms with Gasteiger partial charge in [-0.1, -0.05) is 25.1 Å². The van der Waals surface area contributed by atoms with E-state index in [1.54, 1.807) is 6.07 Å². The topological polar surface area (TPSA) is 60.1 Å². The van der Waals surface area contributed by atoms with Crippen molar-refractivity contribution >= 4 is 11.7 Å². The van der Waals surface area contributed by atoms with E-state index in [1.807, 2.05) is 41.1 Å². The zero-order valence-corrected chi connectivity index (χ0v) is 11.6. The van der Waals surface area contributed by atoms with Crippen molar-refractivity contribution < 1.29 is 9.21 Å². The predicted octanol–water partition coefficient (Wildman–Crippen LogP) is 3.28. The SMILES string of the molecule is CCc1cc(NC(=O)c2ccoc2)nn1-c1ccccc1. The highest BCUT2D eigenvalue weighted by Gasteiger charge is 2.12. The zero-order valence-electron chi connectivity index (χ0n) is 11.6. The smallest absolute Gasteiger partial charge is 0.260 e. The molecule has 0 aliphatic rings. The van der Waals surface area contributed by atoms with E-state index in [9.17, 15) is 4.79 Å². The lowest BCUT2D eigenvalue weighted by Gasteiger charge is -2.04. The quantitative estimate of drug-likeness (QED) is 0.798. The van der Waals surface area contributed by atoms with Gasteiger partial charge in [0.15, 0.2) is 5.82 Å². The largest absolute Gasteiger partial charge is 0.472 e. The van der Waals surface area contributed by atoms with Crippen LogP contribution >= 0.6 is 0 Å². The number of carbonyl (C=O) groups excluding carboxylic acids is 1. The van der Waals surface area contributed by atoms with Crippen LogP contribution in [0.2, 0.25) is 0 Å². The van der Waals surface area contributed by atoms with Gasteiger partial charge in [0.2, 0.25) is 0 Å². The first-order chi connectivity index (χ1) is 10.3. The van der Waals surface area contributed by atoms with Gasteiger partial charge in [-0.2, -0.15) is 0 Å². The maximum absolute atomic E-state index is 12.0. The Morgan fingerprint density at radius 3 is 2.76 bits per heavy atom. The number of para-hydroxylation sites is 1. The van der Waals surface area contributed by atoms with Crippen molar-refractivity contribution in [1.29, 1.82) is 0 Å². The Morgan fingerprint density at radius 2 is 2.10 bits per heavy atom. The van der Waals surface area contributed by atoms with Crippen LogP contribution in [0.25, 0.3) is 5.69 Å². The predicted molar refractivity (Wildman–Crippen MR) is 79.6 cm³/mol. The number of carbonyl (C=O) groups is 1. The van der Waals surface area contributed by atoms with Crippen LogP contribution in [0.4, 0.5) is 5.82 Å². The second-order valence-electron chi connectivity index (χ2n) is 4.59. The molecule has 21 heavy (non-hydrogen) atoms. The molecule has 1 N–H and O–H groups in total. The average Bonchev–Trinajstić information content (AvgIpc) is 3.17. The van der Waals surface area contributed by atoms with E-state index in [0.717, 1.165) is 17.8 Å². The van der Waals surface area contributed by atoms with Gasteiger partial charge >= 0.3 is 0 Å². The highest BCUT2D eigenvalue weighted by atomic mass is 16.3. The molecule has 0 spiro atoms. The summed E-state index contributed by atoms with van der Waals surface area (Å²) < 4.78 is 6.74. The number of rotatable bonds is 4. The third kappa shape index (κ3) is 2.72. The van der Waals surface area contributed by atoms with Gasteiger partial charge < -0.3 is 9.73 Å². The van der Waals surface area contributed by atoms with Crippen LogP contribution in [0.5, 0.6) is 0 Å². The molecular weight excluding hydrogens is 266 g/mol. The number of aryl methyl sites for hydroxylation is 1. The Bertz CT molecular complexity index is 730. The minimum Gasteiger partial charge on any atom is -0.472 e. The number of furan rings is 1. The van der Waals surface area contributed by atoms with Gasteiger partial charge in [-0.25, -0.2) is 4.68 Å². The molecule has 3 aromatic rings. The minimum atomic E-state index is -0.232. The number of hydrogen-bond donors (Lipinski definition) is 1. The molecule has 0 atom stereocenters. The van der Waals surface area contributed by atoms with E-state index in [-0.39, 0.29) is 5.91 Å². The maximum atomic E-state index is 12.0. The third-order valence-electron chi connectivity index (χ3n) is 3.17. The van der Waals surface area contributed by atoms with E-state index < -0.39 is 0 Å². The molecule has 0 aliphatic heterocycles. The highest BCUT2D eigenvalue weighted by Crippen LogP contribution is 2.17. The lowest BCUT2D eigenvalue weighted by atomic mass is 10.3. The van der Waals surface area contributed by atoms with Crippen LogP contribution in [0.3, 0.4) is 0 Å². The molecule has 0 saturated heterocycles. The summed E-state index contributed by atoms with van der Waals surface area (Å²) in [7, 11) is 0. The summed E-state index contributed by atoms with van der Waals surface area (Å²) in [5, 5.41) is 7.23. The van der Waals surface area contributed by atoms with Crippen molar-refractivity contribution in [2.45, 2.75) is 13.3 Å². The molecule has 1 amide bonds. The Kier molecular flexibility index (Phi) is 3.55. The van der Waals surface area contributed by atoms with Gasteiger partial charge in [-0.05, 0) is 24.6 Å². The molecular formula is C16H15N3O2. The Labute approximate surface area is 122 Å². The molecule has 0 fully saturated rings. The van der Waals surface area contributed by atoms with Crippen LogP contribution in [-0.4, -0.2) is 15.7 Å². The van der Waals surface area contributed by atoms with Gasteiger partial charge in [-0.3, -0.25) is 4.79 Å². The fraction of sp³-hybridized carbons (Fsp3) is 0.125.